The molecule has 2 N–H and O–H groups in total. The number of nitrogens with zero attached hydrogens (tertiary/aromatic N) is 1. The molecular formula is C14H22N2O. The van der Waals surface area contributed by atoms with Crippen LogP contribution in [0.5, 0.6) is 0 Å². The molecule has 0 radical (unpaired) electrons. The average Bonchev–Trinajstić information content (AvgIpc) is 2.28. The van der Waals surface area contributed by atoms with Crippen LogP contribution in [-0.4, -0.2) is 42.2 Å². The molecule has 0 amide bonds. The molecule has 3 nitrogen and oxygen atoms in total. The third-order valence-electron chi connectivity index (χ3n) is 3.38. The van der Waals surface area contributed by atoms with Gasteiger partial charge < -0.3 is 10.4 Å². The Morgan fingerprint density at radius 3 is 2.59 bits per heavy atom. The molecule has 2 rings (SSSR count). The van der Waals surface area contributed by atoms with Crippen molar-refractivity contribution in [1.82, 2.24) is 10.2 Å². The summed E-state index contributed by atoms with van der Waals surface area (Å²) in [7, 11) is 0. The summed E-state index contributed by atoms with van der Waals surface area (Å²) in [5.41, 5.74) is 1.01. The van der Waals surface area contributed by atoms with Gasteiger partial charge in [0, 0.05) is 25.7 Å². The summed E-state index contributed by atoms with van der Waals surface area (Å²) in [5, 5.41) is 13.5. The van der Waals surface area contributed by atoms with Gasteiger partial charge in [-0.15, -0.1) is 0 Å². The zero-order chi connectivity index (χ0) is 12.1. The molecule has 1 aromatic rings. The Labute approximate surface area is 103 Å². The Balaban J connectivity index is 1.92. The fourth-order valence-corrected chi connectivity index (χ4v) is 2.24. The van der Waals surface area contributed by atoms with E-state index in [9.17, 15) is 5.11 Å². The average molecular weight is 234 g/mol. The molecule has 1 fully saturated rings. The molecule has 0 bridgehead atoms. The molecular weight excluding hydrogens is 212 g/mol. The maximum Gasteiger partial charge on any atom is 0.0917 e. The summed E-state index contributed by atoms with van der Waals surface area (Å²) in [6.07, 6.45) is 0.765. The van der Waals surface area contributed by atoms with Crippen LogP contribution >= 0.6 is 0 Å². The number of aliphatic hydroxyl groups is 1. The molecule has 1 aliphatic rings. The molecule has 17 heavy (non-hydrogen) atoms. The fourth-order valence-electron chi connectivity index (χ4n) is 2.24. The standard InChI is InChI=1S/C14H22N2O/c1-2-8-16(13-9-15-10-13)11-14(17)12-6-4-3-5-7-12/h3-7,13-15,17H,2,8-11H2,1H3. The summed E-state index contributed by atoms with van der Waals surface area (Å²) < 4.78 is 0. The molecule has 1 aromatic carbocycles. The van der Waals surface area contributed by atoms with Gasteiger partial charge >= 0.3 is 0 Å². The summed E-state index contributed by atoms with van der Waals surface area (Å²) in [6, 6.07) is 10.5. The Hall–Kier alpha value is -0.900. The molecule has 1 saturated heterocycles. The minimum absolute atomic E-state index is 0.372. The zero-order valence-corrected chi connectivity index (χ0v) is 10.5. The SMILES string of the molecule is CCCN(CC(O)c1ccccc1)C1CNC1. The molecule has 0 spiro atoms. The van der Waals surface area contributed by atoms with Gasteiger partial charge in [0.2, 0.25) is 0 Å². The lowest BCUT2D eigenvalue weighted by molar-refractivity contribution is 0.0677. The van der Waals surface area contributed by atoms with Crippen molar-refractivity contribution in [2.75, 3.05) is 26.2 Å². The Bertz CT molecular complexity index is 324. The fraction of sp³-hybridized carbons (Fsp3) is 0.571. The molecule has 94 valence electrons. The van der Waals surface area contributed by atoms with E-state index in [1.807, 2.05) is 30.3 Å². The van der Waals surface area contributed by atoms with Gasteiger partial charge in [0.25, 0.3) is 0 Å². The van der Waals surface area contributed by atoms with Crippen LogP contribution < -0.4 is 5.32 Å². The van der Waals surface area contributed by atoms with E-state index in [-0.39, 0.29) is 6.10 Å². The topological polar surface area (TPSA) is 35.5 Å². The van der Waals surface area contributed by atoms with Crippen LogP contribution in [0.1, 0.15) is 25.0 Å². The summed E-state index contributed by atoms with van der Waals surface area (Å²) in [6.45, 7) is 6.11. The number of aliphatic hydroxyl groups excluding tert-OH is 1. The van der Waals surface area contributed by atoms with Gasteiger partial charge in [0.15, 0.2) is 0 Å². The van der Waals surface area contributed by atoms with E-state index < -0.39 is 0 Å². The molecule has 0 aliphatic carbocycles. The van der Waals surface area contributed by atoms with Crippen LogP contribution in [0, 0.1) is 0 Å². The van der Waals surface area contributed by atoms with E-state index in [1.165, 1.54) is 0 Å². The van der Waals surface area contributed by atoms with Gasteiger partial charge in [-0.1, -0.05) is 37.3 Å². The maximum absolute atomic E-state index is 10.2. The highest BCUT2D eigenvalue weighted by Crippen LogP contribution is 2.16. The van der Waals surface area contributed by atoms with Crippen molar-refractivity contribution in [3.05, 3.63) is 35.9 Å². The number of benzene rings is 1. The molecule has 0 saturated carbocycles. The highest BCUT2D eigenvalue weighted by molar-refractivity contribution is 5.17. The highest BCUT2D eigenvalue weighted by atomic mass is 16.3. The van der Waals surface area contributed by atoms with Gasteiger partial charge in [-0.25, -0.2) is 0 Å². The van der Waals surface area contributed by atoms with Gasteiger partial charge in [0.05, 0.1) is 6.10 Å². The van der Waals surface area contributed by atoms with E-state index in [2.05, 4.69) is 17.1 Å². The summed E-state index contributed by atoms with van der Waals surface area (Å²) in [4.78, 5) is 2.40. The number of hydrogen-bond donors (Lipinski definition) is 2. The minimum Gasteiger partial charge on any atom is -0.387 e. The Morgan fingerprint density at radius 1 is 1.35 bits per heavy atom. The first kappa shape index (κ1) is 12.6. The number of rotatable bonds is 6. The van der Waals surface area contributed by atoms with E-state index in [1.54, 1.807) is 0 Å². The number of nitrogens with one attached hydrogen (secondary N) is 1. The van der Waals surface area contributed by atoms with Gasteiger partial charge in [-0.3, -0.25) is 4.90 Å². The zero-order valence-electron chi connectivity index (χ0n) is 10.5. The molecule has 1 unspecified atom stereocenters. The maximum atomic E-state index is 10.2. The second kappa shape index (κ2) is 6.15. The first-order valence-electron chi connectivity index (χ1n) is 6.49. The second-order valence-electron chi connectivity index (χ2n) is 4.73. The van der Waals surface area contributed by atoms with Crippen molar-refractivity contribution in [2.24, 2.45) is 0 Å². The van der Waals surface area contributed by atoms with Crippen LogP contribution in [0.3, 0.4) is 0 Å². The van der Waals surface area contributed by atoms with Crippen LogP contribution in [0.15, 0.2) is 30.3 Å². The highest BCUT2D eigenvalue weighted by Gasteiger charge is 2.25. The van der Waals surface area contributed by atoms with Crippen molar-refractivity contribution in [3.63, 3.8) is 0 Å². The van der Waals surface area contributed by atoms with Gasteiger partial charge in [-0.05, 0) is 18.5 Å². The number of hydrogen-bond acceptors (Lipinski definition) is 3. The van der Waals surface area contributed by atoms with E-state index in [0.717, 1.165) is 38.2 Å². The third kappa shape index (κ3) is 3.28. The van der Waals surface area contributed by atoms with Gasteiger partial charge in [-0.2, -0.15) is 0 Å². The molecule has 0 aromatic heterocycles. The molecule has 1 aliphatic heterocycles. The lowest BCUT2D eigenvalue weighted by atomic mass is 10.1. The largest absolute Gasteiger partial charge is 0.387 e. The van der Waals surface area contributed by atoms with Crippen LogP contribution in [0.2, 0.25) is 0 Å². The smallest absolute Gasteiger partial charge is 0.0917 e. The Morgan fingerprint density at radius 2 is 2.06 bits per heavy atom. The normalized spacial score (nSPS) is 18.1. The van der Waals surface area contributed by atoms with E-state index >= 15 is 0 Å². The van der Waals surface area contributed by atoms with E-state index in [0.29, 0.717) is 6.04 Å². The second-order valence-corrected chi connectivity index (χ2v) is 4.73. The van der Waals surface area contributed by atoms with Crippen LogP contribution in [0.25, 0.3) is 0 Å². The predicted octanol–water partition coefficient (Wildman–Crippen LogP) is 1.40. The van der Waals surface area contributed by atoms with Crippen LogP contribution in [-0.2, 0) is 0 Å². The molecule has 1 atom stereocenters. The quantitative estimate of drug-likeness (QED) is 0.781. The molecule has 3 heteroatoms. The Kier molecular flexibility index (Phi) is 4.54. The first-order valence-corrected chi connectivity index (χ1v) is 6.49. The van der Waals surface area contributed by atoms with Crippen molar-refractivity contribution < 1.29 is 5.11 Å². The lowest BCUT2D eigenvalue weighted by Crippen LogP contribution is -2.58. The van der Waals surface area contributed by atoms with Crippen molar-refractivity contribution in [2.45, 2.75) is 25.5 Å². The van der Waals surface area contributed by atoms with Crippen molar-refractivity contribution in [3.8, 4) is 0 Å². The van der Waals surface area contributed by atoms with Crippen LogP contribution in [0.4, 0.5) is 0 Å². The van der Waals surface area contributed by atoms with Crippen molar-refractivity contribution in [1.29, 1.82) is 0 Å². The summed E-state index contributed by atoms with van der Waals surface area (Å²) >= 11 is 0. The predicted molar refractivity (Wildman–Crippen MR) is 69.9 cm³/mol. The third-order valence-corrected chi connectivity index (χ3v) is 3.38. The lowest BCUT2D eigenvalue weighted by Gasteiger charge is -2.39. The first-order chi connectivity index (χ1) is 8.31. The van der Waals surface area contributed by atoms with Gasteiger partial charge in [0.1, 0.15) is 0 Å². The minimum atomic E-state index is -0.372. The van der Waals surface area contributed by atoms with Crippen molar-refractivity contribution >= 4 is 0 Å². The molecule has 1 heterocycles. The summed E-state index contributed by atoms with van der Waals surface area (Å²) in [5.74, 6) is 0. The monoisotopic (exact) mass is 234 g/mol. The van der Waals surface area contributed by atoms with E-state index in [4.69, 9.17) is 0 Å².